The zero-order valence-corrected chi connectivity index (χ0v) is 19.3. The molecule has 1 aliphatic carbocycles. The van der Waals surface area contributed by atoms with Gasteiger partial charge in [0.05, 0.1) is 5.52 Å². The van der Waals surface area contributed by atoms with Crippen molar-refractivity contribution in [2.45, 2.75) is 51.6 Å². The maximum atomic E-state index is 14.1. The van der Waals surface area contributed by atoms with E-state index in [-0.39, 0.29) is 40.7 Å². The molecule has 2 aromatic rings. The van der Waals surface area contributed by atoms with Crippen LogP contribution in [0.2, 0.25) is 0 Å². The molecule has 2 fully saturated rings. The van der Waals surface area contributed by atoms with Crippen LogP contribution >= 0.6 is 17.0 Å². The number of carbonyl (C=O) groups excluding carboxylic acids is 2. The van der Waals surface area contributed by atoms with Crippen LogP contribution in [-0.4, -0.2) is 64.9 Å². The second kappa shape index (κ2) is 9.47. The molecule has 1 saturated carbocycles. The molecular formula is C22H30BrFN4O2. The van der Waals surface area contributed by atoms with Crippen molar-refractivity contribution in [3.63, 3.8) is 0 Å². The van der Waals surface area contributed by atoms with Crippen LogP contribution in [-0.2, 0) is 4.79 Å². The number of nitrogens with one attached hydrogen (secondary N) is 2. The fourth-order valence-corrected chi connectivity index (χ4v) is 4.74. The number of aromatic amines is 1. The quantitative estimate of drug-likeness (QED) is 0.707. The summed E-state index contributed by atoms with van der Waals surface area (Å²) in [6, 6.07) is 5.31. The van der Waals surface area contributed by atoms with Gasteiger partial charge in [0.15, 0.2) is 0 Å². The predicted octanol–water partition coefficient (Wildman–Crippen LogP) is 3.40. The highest BCUT2D eigenvalue weighted by atomic mass is 79.9. The lowest BCUT2D eigenvalue weighted by molar-refractivity contribution is -0.131. The van der Waals surface area contributed by atoms with Gasteiger partial charge in [0, 0.05) is 50.6 Å². The summed E-state index contributed by atoms with van der Waals surface area (Å²) in [5.41, 5.74) is 2.01. The highest BCUT2D eigenvalue weighted by Gasteiger charge is 2.30. The molecule has 6 nitrogen and oxygen atoms in total. The predicted molar refractivity (Wildman–Crippen MR) is 121 cm³/mol. The van der Waals surface area contributed by atoms with Gasteiger partial charge in [-0.25, -0.2) is 4.39 Å². The molecule has 2 amide bonds. The Morgan fingerprint density at radius 2 is 1.90 bits per heavy atom. The van der Waals surface area contributed by atoms with E-state index in [2.05, 4.69) is 15.2 Å². The molecule has 1 aromatic heterocycles. The van der Waals surface area contributed by atoms with E-state index < -0.39 is 0 Å². The molecule has 1 aromatic carbocycles. The molecule has 0 radical (unpaired) electrons. The monoisotopic (exact) mass is 480 g/mol. The van der Waals surface area contributed by atoms with Gasteiger partial charge in [0.1, 0.15) is 11.5 Å². The summed E-state index contributed by atoms with van der Waals surface area (Å²) in [5, 5.41) is 3.61. The lowest BCUT2D eigenvalue weighted by atomic mass is 9.89. The van der Waals surface area contributed by atoms with Gasteiger partial charge in [-0.3, -0.25) is 14.5 Å². The summed E-state index contributed by atoms with van der Waals surface area (Å²) < 4.78 is 14.1. The second-order valence-electron chi connectivity index (χ2n) is 8.37. The number of rotatable bonds is 3. The Balaban J connectivity index is 0.00000256. The number of hydrogen-bond acceptors (Lipinski definition) is 3. The van der Waals surface area contributed by atoms with Gasteiger partial charge in [0.2, 0.25) is 5.91 Å². The molecular weight excluding hydrogens is 451 g/mol. The summed E-state index contributed by atoms with van der Waals surface area (Å²) in [6.45, 7) is 6.87. The van der Waals surface area contributed by atoms with Crippen LogP contribution in [0.25, 0.3) is 10.9 Å². The van der Waals surface area contributed by atoms with Crippen molar-refractivity contribution < 1.29 is 14.0 Å². The average molecular weight is 481 g/mol. The largest absolute Gasteiger partial charge is 0.350 e. The molecule has 4 rings (SSSR count). The number of fused-ring (bicyclic) bond motifs is 1. The third kappa shape index (κ3) is 4.70. The van der Waals surface area contributed by atoms with Crippen molar-refractivity contribution in [1.82, 2.24) is 20.1 Å². The molecule has 1 aliphatic heterocycles. The van der Waals surface area contributed by atoms with Gasteiger partial charge >= 0.3 is 0 Å². The van der Waals surface area contributed by atoms with Gasteiger partial charge in [-0.2, -0.15) is 0 Å². The van der Waals surface area contributed by atoms with Crippen molar-refractivity contribution >= 4 is 39.7 Å². The Kier molecular flexibility index (Phi) is 7.18. The number of halogens is 2. The third-order valence-corrected chi connectivity index (χ3v) is 6.45. The maximum Gasteiger partial charge on any atom is 0.267 e. The van der Waals surface area contributed by atoms with E-state index >= 15 is 0 Å². The summed E-state index contributed by atoms with van der Waals surface area (Å²) in [5.74, 6) is -0.348. The second-order valence-corrected chi connectivity index (χ2v) is 8.37. The SMILES string of the molecule is Br.CC(=O)N1CCN([C@H]2CCC[C@@H](NC(=O)c3cc4c(F)ccc(C)c4[nH]3)C2)CC1. The summed E-state index contributed by atoms with van der Waals surface area (Å²) >= 11 is 0. The van der Waals surface area contributed by atoms with Crippen LogP contribution < -0.4 is 5.32 Å². The molecule has 0 bridgehead atoms. The van der Waals surface area contributed by atoms with Crippen molar-refractivity contribution in [3.05, 3.63) is 35.3 Å². The molecule has 1 saturated heterocycles. The molecule has 0 spiro atoms. The fraction of sp³-hybridized carbons (Fsp3) is 0.545. The van der Waals surface area contributed by atoms with Crippen LogP contribution in [0.15, 0.2) is 18.2 Å². The first-order chi connectivity index (χ1) is 13.9. The Hall–Kier alpha value is -1.93. The van der Waals surface area contributed by atoms with E-state index in [0.29, 0.717) is 22.6 Å². The fourth-order valence-electron chi connectivity index (χ4n) is 4.74. The number of carbonyl (C=O) groups is 2. The van der Waals surface area contributed by atoms with Crippen LogP contribution in [0.5, 0.6) is 0 Å². The summed E-state index contributed by atoms with van der Waals surface area (Å²) in [4.78, 5) is 31.8. The van der Waals surface area contributed by atoms with Crippen molar-refractivity contribution in [2.75, 3.05) is 26.2 Å². The number of amides is 2. The van der Waals surface area contributed by atoms with E-state index in [1.807, 2.05) is 11.8 Å². The molecule has 2 aliphatic rings. The Labute approximate surface area is 186 Å². The highest BCUT2D eigenvalue weighted by molar-refractivity contribution is 8.93. The third-order valence-electron chi connectivity index (χ3n) is 6.45. The van der Waals surface area contributed by atoms with Crippen LogP contribution in [0.4, 0.5) is 4.39 Å². The standard InChI is InChI=1S/C22H29FN4O2.BrH/c1-14-6-7-19(23)18-13-20(25-21(14)18)22(29)24-16-4-3-5-17(12-16)27-10-8-26(9-11-27)15(2)28;/h6-7,13,16-17,25H,3-5,8-12H2,1-2H3,(H,24,29);1H/t16-,17+;/m1./s1. The van der Waals surface area contributed by atoms with E-state index in [0.717, 1.165) is 57.4 Å². The average Bonchev–Trinajstić information content (AvgIpc) is 3.18. The lowest BCUT2D eigenvalue weighted by Gasteiger charge is -2.42. The van der Waals surface area contributed by atoms with Crippen LogP contribution in [0, 0.1) is 12.7 Å². The van der Waals surface area contributed by atoms with Gasteiger partial charge in [-0.15, -0.1) is 17.0 Å². The van der Waals surface area contributed by atoms with Gasteiger partial charge in [0.25, 0.3) is 5.91 Å². The first-order valence-corrected chi connectivity index (χ1v) is 10.5. The van der Waals surface area contributed by atoms with E-state index in [9.17, 15) is 14.0 Å². The molecule has 164 valence electrons. The van der Waals surface area contributed by atoms with Crippen LogP contribution in [0.3, 0.4) is 0 Å². The smallest absolute Gasteiger partial charge is 0.267 e. The summed E-state index contributed by atoms with van der Waals surface area (Å²) in [7, 11) is 0. The number of aryl methyl sites for hydroxylation is 1. The minimum Gasteiger partial charge on any atom is -0.350 e. The van der Waals surface area contributed by atoms with Gasteiger partial charge in [-0.1, -0.05) is 6.07 Å². The normalized spacial score (nSPS) is 22.6. The zero-order chi connectivity index (χ0) is 20.5. The first kappa shape index (κ1) is 22.7. The lowest BCUT2D eigenvalue weighted by Crippen LogP contribution is -2.54. The number of piperazine rings is 1. The zero-order valence-electron chi connectivity index (χ0n) is 17.5. The van der Waals surface area contributed by atoms with Crippen LogP contribution in [0.1, 0.15) is 48.7 Å². The minimum absolute atomic E-state index is 0. The van der Waals surface area contributed by atoms with Crippen molar-refractivity contribution in [3.8, 4) is 0 Å². The number of hydrogen-bond donors (Lipinski definition) is 2. The van der Waals surface area contributed by atoms with E-state index in [1.165, 1.54) is 6.07 Å². The molecule has 2 N–H and O–H groups in total. The summed E-state index contributed by atoms with van der Waals surface area (Å²) in [6.07, 6.45) is 4.08. The Bertz CT molecular complexity index is 884. The molecule has 2 heterocycles. The topological polar surface area (TPSA) is 68.4 Å². The highest BCUT2D eigenvalue weighted by Crippen LogP contribution is 2.26. The number of nitrogens with zero attached hydrogens (tertiary/aromatic N) is 2. The van der Waals surface area contributed by atoms with E-state index in [1.54, 1.807) is 19.1 Å². The Morgan fingerprint density at radius 1 is 1.17 bits per heavy atom. The van der Waals surface area contributed by atoms with Gasteiger partial charge < -0.3 is 15.2 Å². The molecule has 30 heavy (non-hydrogen) atoms. The van der Waals surface area contributed by atoms with Gasteiger partial charge in [-0.05, 0) is 50.3 Å². The first-order valence-electron chi connectivity index (χ1n) is 10.5. The van der Waals surface area contributed by atoms with E-state index in [4.69, 9.17) is 0 Å². The molecule has 8 heteroatoms. The molecule has 0 unspecified atom stereocenters. The minimum atomic E-state index is -0.316. The number of H-pyrrole nitrogens is 1. The number of aromatic nitrogens is 1. The number of benzene rings is 1. The van der Waals surface area contributed by atoms with Crippen molar-refractivity contribution in [2.24, 2.45) is 0 Å². The maximum absolute atomic E-state index is 14.1. The van der Waals surface area contributed by atoms with Crippen molar-refractivity contribution in [1.29, 1.82) is 0 Å². The molecule has 2 atom stereocenters. The Morgan fingerprint density at radius 3 is 2.57 bits per heavy atom.